The van der Waals surface area contributed by atoms with Crippen molar-refractivity contribution in [2.45, 2.75) is 18.9 Å². The minimum absolute atomic E-state index is 0.0803. The van der Waals surface area contributed by atoms with E-state index in [2.05, 4.69) is 16.0 Å². The molecule has 0 bridgehead atoms. The van der Waals surface area contributed by atoms with Crippen LogP contribution < -0.4 is 5.73 Å². The molecule has 1 aliphatic heterocycles. The van der Waals surface area contributed by atoms with Crippen LogP contribution >= 0.6 is 11.3 Å². The van der Waals surface area contributed by atoms with Crippen molar-refractivity contribution in [3.8, 4) is 17.3 Å². The molecule has 7 heteroatoms. The molecule has 1 aromatic carbocycles. The molecule has 0 radical (unpaired) electrons. The summed E-state index contributed by atoms with van der Waals surface area (Å²) in [4.78, 5) is 22.5. The largest absolute Gasteiger partial charge is 0.369 e. The zero-order valence-electron chi connectivity index (χ0n) is 12.8. The monoisotopic (exact) mass is 325 g/mol. The van der Waals surface area contributed by atoms with Crippen molar-refractivity contribution in [2.24, 2.45) is 10.7 Å². The quantitative estimate of drug-likeness (QED) is 0.914. The van der Waals surface area contributed by atoms with Crippen LogP contribution in [0, 0.1) is 11.3 Å². The summed E-state index contributed by atoms with van der Waals surface area (Å²) in [6, 6.07) is 9.38. The molecule has 0 saturated heterocycles. The number of rotatable bonds is 2. The van der Waals surface area contributed by atoms with Gasteiger partial charge in [-0.05, 0) is 19.1 Å². The first kappa shape index (κ1) is 15.2. The Bertz CT molecular complexity index is 850. The van der Waals surface area contributed by atoms with Crippen molar-refractivity contribution < 1.29 is 4.79 Å². The third-order valence-electron chi connectivity index (χ3n) is 3.83. The van der Waals surface area contributed by atoms with E-state index in [1.54, 1.807) is 19.2 Å². The van der Waals surface area contributed by atoms with E-state index < -0.39 is 5.54 Å². The van der Waals surface area contributed by atoms with Gasteiger partial charge in [-0.3, -0.25) is 9.69 Å². The van der Waals surface area contributed by atoms with Gasteiger partial charge in [0.05, 0.1) is 23.7 Å². The molecule has 1 aliphatic rings. The molecule has 2 N–H and O–H groups in total. The number of guanidine groups is 1. The molecular formula is C16H15N5OS. The van der Waals surface area contributed by atoms with Crippen molar-refractivity contribution >= 4 is 23.2 Å². The number of nitriles is 1. The standard InChI is InChI=1S/C16H15N5OS/c1-16(7-13(22)21(2)15(18)20-16)14-19-12(9-23-14)11-5-3-4-10(6-11)8-17/h3-6,9H,7H2,1-2H3,(H2,18,20)/t16-/m1/s1. The molecule has 1 aromatic heterocycles. The predicted octanol–water partition coefficient (Wildman–Crippen LogP) is 2.07. The summed E-state index contributed by atoms with van der Waals surface area (Å²) in [5, 5.41) is 11.6. The molecule has 1 atom stereocenters. The Morgan fingerprint density at radius 2 is 2.26 bits per heavy atom. The van der Waals surface area contributed by atoms with E-state index in [4.69, 9.17) is 11.0 Å². The number of aliphatic imine (C=N–C) groups is 1. The topological polar surface area (TPSA) is 95.4 Å². The number of thiazole rings is 1. The van der Waals surface area contributed by atoms with E-state index in [1.165, 1.54) is 16.2 Å². The highest BCUT2D eigenvalue weighted by Gasteiger charge is 2.38. The molecule has 3 rings (SSSR count). The van der Waals surface area contributed by atoms with Gasteiger partial charge in [0.2, 0.25) is 5.91 Å². The molecule has 2 aromatic rings. The fraction of sp³-hybridized carbons (Fsp3) is 0.250. The van der Waals surface area contributed by atoms with Crippen LogP contribution in [0.15, 0.2) is 34.6 Å². The molecule has 23 heavy (non-hydrogen) atoms. The van der Waals surface area contributed by atoms with Gasteiger partial charge in [-0.25, -0.2) is 9.98 Å². The van der Waals surface area contributed by atoms with Gasteiger partial charge in [0.1, 0.15) is 10.5 Å². The summed E-state index contributed by atoms with van der Waals surface area (Å²) in [6.45, 7) is 1.86. The zero-order valence-corrected chi connectivity index (χ0v) is 13.6. The number of amides is 1. The number of benzene rings is 1. The number of aromatic nitrogens is 1. The summed E-state index contributed by atoms with van der Waals surface area (Å²) < 4.78 is 0. The normalized spacial score (nSPS) is 21.0. The number of carbonyl (C=O) groups is 1. The van der Waals surface area contributed by atoms with Gasteiger partial charge in [0, 0.05) is 18.0 Å². The van der Waals surface area contributed by atoms with Gasteiger partial charge in [-0.1, -0.05) is 12.1 Å². The van der Waals surface area contributed by atoms with E-state index in [9.17, 15) is 4.79 Å². The van der Waals surface area contributed by atoms with Crippen LogP contribution in [-0.4, -0.2) is 28.8 Å². The lowest BCUT2D eigenvalue weighted by Gasteiger charge is -2.31. The number of hydrogen-bond acceptors (Lipinski definition) is 6. The molecule has 1 amide bonds. The molecule has 0 saturated carbocycles. The summed E-state index contributed by atoms with van der Waals surface area (Å²) in [5.41, 5.74) is 7.30. The second-order valence-electron chi connectivity index (χ2n) is 5.60. The lowest BCUT2D eigenvalue weighted by Crippen LogP contribution is -2.47. The molecule has 0 spiro atoms. The highest BCUT2D eigenvalue weighted by atomic mass is 32.1. The molecule has 116 valence electrons. The summed E-state index contributed by atoms with van der Waals surface area (Å²) in [5.74, 6) is 0.121. The molecule has 0 fully saturated rings. The number of nitrogens with two attached hydrogens (primary N) is 1. The van der Waals surface area contributed by atoms with E-state index >= 15 is 0 Å². The Morgan fingerprint density at radius 3 is 2.96 bits per heavy atom. The van der Waals surface area contributed by atoms with Crippen molar-refractivity contribution in [3.05, 3.63) is 40.2 Å². The fourth-order valence-corrected chi connectivity index (χ4v) is 3.37. The second kappa shape index (κ2) is 5.48. The maximum atomic E-state index is 12.1. The Labute approximate surface area is 137 Å². The van der Waals surface area contributed by atoms with Gasteiger partial charge in [-0.15, -0.1) is 11.3 Å². The molecule has 6 nitrogen and oxygen atoms in total. The van der Waals surface area contributed by atoms with Crippen LogP contribution in [0.4, 0.5) is 0 Å². The van der Waals surface area contributed by atoms with E-state index in [1.807, 2.05) is 24.4 Å². The van der Waals surface area contributed by atoms with Gasteiger partial charge in [0.15, 0.2) is 5.96 Å². The Morgan fingerprint density at radius 1 is 1.48 bits per heavy atom. The summed E-state index contributed by atoms with van der Waals surface area (Å²) >= 11 is 1.44. The first-order chi connectivity index (χ1) is 10.9. The van der Waals surface area contributed by atoms with Crippen molar-refractivity contribution in [1.29, 1.82) is 5.26 Å². The first-order valence-corrected chi connectivity index (χ1v) is 7.89. The van der Waals surface area contributed by atoms with Crippen LogP contribution in [0.1, 0.15) is 23.9 Å². The molecule has 2 heterocycles. The molecular weight excluding hydrogens is 310 g/mol. The summed E-state index contributed by atoms with van der Waals surface area (Å²) in [6.07, 6.45) is 0.232. The predicted molar refractivity (Wildman–Crippen MR) is 88.6 cm³/mol. The minimum atomic E-state index is -0.747. The van der Waals surface area contributed by atoms with Crippen molar-refractivity contribution in [3.63, 3.8) is 0 Å². The van der Waals surface area contributed by atoms with Crippen LogP contribution in [0.5, 0.6) is 0 Å². The minimum Gasteiger partial charge on any atom is -0.369 e. The number of nitrogens with zero attached hydrogens (tertiary/aromatic N) is 4. The van der Waals surface area contributed by atoms with Crippen molar-refractivity contribution in [2.75, 3.05) is 7.05 Å². The second-order valence-corrected chi connectivity index (χ2v) is 6.46. The van der Waals surface area contributed by atoms with Crippen molar-refractivity contribution in [1.82, 2.24) is 9.88 Å². The highest BCUT2D eigenvalue weighted by molar-refractivity contribution is 7.10. The van der Waals surface area contributed by atoms with Gasteiger partial charge < -0.3 is 5.73 Å². The van der Waals surface area contributed by atoms with Crippen LogP contribution in [0.3, 0.4) is 0 Å². The van der Waals surface area contributed by atoms with E-state index in [-0.39, 0.29) is 18.3 Å². The Kier molecular flexibility index (Phi) is 3.62. The van der Waals surface area contributed by atoms with E-state index in [0.29, 0.717) is 5.56 Å². The lowest BCUT2D eigenvalue weighted by atomic mass is 9.97. The number of hydrogen-bond donors (Lipinski definition) is 1. The fourth-order valence-electron chi connectivity index (χ4n) is 2.43. The smallest absolute Gasteiger partial charge is 0.231 e. The summed E-state index contributed by atoms with van der Waals surface area (Å²) in [7, 11) is 1.61. The maximum Gasteiger partial charge on any atom is 0.231 e. The van der Waals surface area contributed by atoms with E-state index in [0.717, 1.165) is 16.3 Å². The first-order valence-electron chi connectivity index (χ1n) is 7.01. The molecule has 0 aliphatic carbocycles. The van der Waals surface area contributed by atoms with Gasteiger partial charge >= 0.3 is 0 Å². The van der Waals surface area contributed by atoms with Crippen LogP contribution in [0.2, 0.25) is 0 Å². The highest BCUT2D eigenvalue weighted by Crippen LogP contribution is 2.36. The maximum absolute atomic E-state index is 12.1. The zero-order chi connectivity index (χ0) is 16.6. The average molecular weight is 325 g/mol. The number of carbonyl (C=O) groups excluding carboxylic acids is 1. The van der Waals surface area contributed by atoms with Crippen LogP contribution in [-0.2, 0) is 10.3 Å². The Balaban J connectivity index is 1.99. The third kappa shape index (κ3) is 2.69. The lowest BCUT2D eigenvalue weighted by molar-refractivity contribution is -0.128. The third-order valence-corrected chi connectivity index (χ3v) is 4.92. The van der Waals surface area contributed by atoms with Crippen LogP contribution in [0.25, 0.3) is 11.3 Å². The van der Waals surface area contributed by atoms with Gasteiger partial charge in [0.25, 0.3) is 0 Å². The molecule has 0 unspecified atom stereocenters. The SMILES string of the molecule is CN1C(=O)C[C@](C)(c2nc(-c3cccc(C#N)c3)cs2)N=C1N. The average Bonchev–Trinajstić information content (AvgIpc) is 3.03. The van der Waals surface area contributed by atoms with Gasteiger partial charge in [-0.2, -0.15) is 5.26 Å². The Hall–Kier alpha value is -2.72.